The van der Waals surface area contributed by atoms with Crippen molar-refractivity contribution in [1.82, 2.24) is 9.97 Å². The Morgan fingerprint density at radius 3 is 2.52 bits per heavy atom. The van der Waals surface area contributed by atoms with Crippen LogP contribution in [0.15, 0.2) is 30.6 Å². The minimum absolute atomic E-state index is 0.0878. The van der Waals surface area contributed by atoms with E-state index >= 15 is 0 Å². The van der Waals surface area contributed by atoms with Crippen molar-refractivity contribution in [3.8, 4) is 5.75 Å². The van der Waals surface area contributed by atoms with Crippen molar-refractivity contribution in [2.24, 2.45) is 0 Å². The van der Waals surface area contributed by atoms with Crippen LogP contribution in [-0.2, 0) is 6.18 Å². The summed E-state index contributed by atoms with van der Waals surface area (Å²) in [6, 6.07) is 2.74. The van der Waals surface area contributed by atoms with Crippen molar-refractivity contribution in [3.63, 3.8) is 0 Å². The first-order chi connectivity index (χ1) is 11.8. The molecule has 0 fully saturated rings. The zero-order chi connectivity index (χ0) is 18.2. The molecule has 1 heterocycles. The van der Waals surface area contributed by atoms with Crippen LogP contribution >= 0.6 is 0 Å². The highest BCUT2D eigenvalue weighted by Gasteiger charge is 2.32. The van der Waals surface area contributed by atoms with Crippen LogP contribution in [0, 0.1) is 0 Å². The third-order valence-corrected chi connectivity index (χ3v) is 4.03. The van der Waals surface area contributed by atoms with Gasteiger partial charge in [-0.05, 0) is 48.6 Å². The number of carboxylic acid groups (broad SMARTS) is 1. The third kappa shape index (κ3) is 3.33. The molecule has 1 aromatic heterocycles. The number of allylic oxidation sites excluding steroid dienone is 2. The van der Waals surface area contributed by atoms with Gasteiger partial charge in [0.25, 0.3) is 0 Å². The lowest BCUT2D eigenvalue weighted by atomic mass is 9.97. The van der Waals surface area contributed by atoms with Crippen LogP contribution in [0.2, 0.25) is 0 Å². The summed E-state index contributed by atoms with van der Waals surface area (Å²) in [6.07, 6.45) is -0.406. The van der Waals surface area contributed by atoms with Gasteiger partial charge in [0.05, 0.1) is 23.7 Å². The van der Waals surface area contributed by atoms with Crippen LogP contribution in [0.25, 0.3) is 11.1 Å². The summed E-state index contributed by atoms with van der Waals surface area (Å²) >= 11 is 0. The number of hydrogen-bond acceptors (Lipinski definition) is 4. The normalized spacial score (nSPS) is 14.8. The summed E-state index contributed by atoms with van der Waals surface area (Å²) in [7, 11) is 0. The Labute approximate surface area is 140 Å². The molecular weight excluding hydrogens is 337 g/mol. The van der Waals surface area contributed by atoms with Gasteiger partial charge in [-0.2, -0.15) is 13.2 Å². The number of phenolic OH excluding ortho intramolecular Hbond substituents is 1. The van der Waals surface area contributed by atoms with Gasteiger partial charge in [0, 0.05) is 5.56 Å². The van der Waals surface area contributed by atoms with E-state index in [1.54, 1.807) is 0 Å². The molecule has 2 N–H and O–H groups in total. The zero-order valence-corrected chi connectivity index (χ0v) is 12.8. The van der Waals surface area contributed by atoms with E-state index in [4.69, 9.17) is 5.11 Å². The Bertz CT molecular complexity index is 876. The Morgan fingerprint density at radius 2 is 1.84 bits per heavy atom. The summed E-state index contributed by atoms with van der Waals surface area (Å²) in [6.45, 7) is 0. The summed E-state index contributed by atoms with van der Waals surface area (Å²) in [4.78, 5) is 18.9. The van der Waals surface area contributed by atoms with E-state index < -0.39 is 17.7 Å². The van der Waals surface area contributed by atoms with E-state index in [-0.39, 0.29) is 17.0 Å². The maximum Gasteiger partial charge on any atom is 0.416 e. The number of aromatic hydroxyl groups is 1. The van der Waals surface area contributed by atoms with Crippen molar-refractivity contribution in [1.29, 1.82) is 0 Å². The number of halogens is 3. The van der Waals surface area contributed by atoms with Crippen molar-refractivity contribution >= 4 is 17.1 Å². The predicted octanol–water partition coefficient (Wildman–Crippen LogP) is 3.99. The molecule has 0 saturated carbocycles. The van der Waals surface area contributed by atoms with Crippen LogP contribution in [0.4, 0.5) is 13.2 Å². The molecule has 1 aromatic carbocycles. The standard InChI is InChI=1S/C17H13F3N2O3/c18-17(19,20)9-4-5-15(23)12(6-9)10-2-1-3-11(10)13-7-21-8-14(22-13)16(24)25/h4-8,23H,1-3H2,(H,24,25). The second kappa shape index (κ2) is 6.19. The molecule has 0 spiro atoms. The fraction of sp³-hybridized carbons (Fsp3) is 0.235. The second-order valence-corrected chi connectivity index (χ2v) is 5.64. The fourth-order valence-electron chi connectivity index (χ4n) is 2.89. The van der Waals surface area contributed by atoms with E-state index in [1.165, 1.54) is 6.20 Å². The molecule has 0 amide bonds. The van der Waals surface area contributed by atoms with E-state index in [9.17, 15) is 23.1 Å². The molecule has 130 valence electrons. The lowest BCUT2D eigenvalue weighted by Crippen LogP contribution is -2.06. The number of alkyl halides is 3. The molecule has 2 aromatic rings. The molecule has 1 aliphatic carbocycles. The van der Waals surface area contributed by atoms with Crippen molar-refractivity contribution in [2.45, 2.75) is 25.4 Å². The van der Waals surface area contributed by atoms with Crippen LogP contribution in [0.3, 0.4) is 0 Å². The van der Waals surface area contributed by atoms with E-state index in [2.05, 4.69) is 9.97 Å². The average Bonchev–Trinajstić information content (AvgIpc) is 3.03. The highest BCUT2D eigenvalue weighted by atomic mass is 19.4. The molecule has 0 bridgehead atoms. The van der Waals surface area contributed by atoms with Gasteiger partial charge >= 0.3 is 12.1 Å². The zero-order valence-electron chi connectivity index (χ0n) is 12.8. The van der Waals surface area contributed by atoms with E-state index in [1.807, 2.05) is 0 Å². The Balaban J connectivity index is 2.14. The fourth-order valence-corrected chi connectivity index (χ4v) is 2.89. The van der Waals surface area contributed by atoms with Crippen molar-refractivity contribution in [3.05, 3.63) is 53.1 Å². The number of aromatic nitrogens is 2. The number of aromatic carboxylic acids is 1. The minimum atomic E-state index is -4.52. The molecule has 5 nitrogen and oxygen atoms in total. The second-order valence-electron chi connectivity index (χ2n) is 5.64. The SMILES string of the molecule is O=C(O)c1cncc(C2=C(c3cc(C(F)(F)F)ccc3O)CCC2)n1. The van der Waals surface area contributed by atoms with E-state index in [0.717, 1.165) is 24.4 Å². The van der Waals surface area contributed by atoms with Gasteiger partial charge in [-0.3, -0.25) is 4.98 Å². The molecular formula is C17H13F3N2O3. The van der Waals surface area contributed by atoms with Crippen LogP contribution in [0.1, 0.15) is 46.6 Å². The smallest absolute Gasteiger partial charge is 0.416 e. The number of nitrogens with zero attached hydrogens (tertiary/aromatic N) is 2. The number of carboxylic acids is 1. The molecule has 0 atom stereocenters. The van der Waals surface area contributed by atoms with Crippen LogP contribution in [0.5, 0.6) is 5.75 Å². The number of benzene rings is 1. The highest BCUT2D eigenvalue weighted by Crippen LogP contribution is 2.43. The number of carbonyl (C=O) groups is 1. The molecule has 1 aliphatic rings. The molecule has 0 radical (unpaired) electrons. The number of hydrogen-bond donors (Lipinski definition) is 2. The van der Waals surface area contributed by atoms with Gasteiger partial charge in [0.15, 0.2) is 5.69 Å². The topological polar surface area (TPSA) is 83.3 Å². The van der Waals surface area contributed by atoms with Gasteiger partial charge in [-0.25, -0.2) is 9.78 Å². The maximum atomic E-state index is 13.0. The molecule has 0 aliphatic heterocycles. The third-order valence-electron chi connectivity index (χ3n) is 4.03. The lowest BCUT2D eigenvalue weighted by molar-refractivity contribution is -0.137. The van der Waals surface area contributed by atoms with E-state index in [0.29, 0.717) is 36.1 Å². The van der Waals surface area contributed by atoms with Gasteiger partial charge in [0.2, 0.25) is 0 Å². The van der Waals surface area contributed by atoms with Gasteiger partial charge < -0.3 is 10.2 Å². The number of phenols is 1. The van der Waals surface area contributed by atoms with Crippen LogP contribution < -0.4 is 0 Å². The Kier molecular flexibility index (Phi) is 4.20. The molecule has 25 heavy (non-hydrogen) atoms. The monoisotopic (exact) mass is 350 g/mol. The van der Waals surface area contributed by atoms with Gasteiger partial charge in [0.1, 0.15) is 5.75 Å². The quantitative estimate of drug-likeness (QED) is 0.874. The number of rotatable bonds is 3. The molecule has 3 rings (SSSR count). The highest BCUT2D eigenvalue weighted by molar-refractivity contribution is 5.94. The maximum absolute atomic E-state index is 13.0. The average molecular weight is 350 g/mol. The van der Waals surface area contributed by atoms with Crippen LogP contribution in [-0.4, -0.2) is 26.2 Å². The first kappa shape index (κ1) is 16.9. The summed E-state index contributed by atoms with van der Waals surface area (Å²) in [5.41, 5.74) is 0.411. The van der Waals surface area contributed by atoms with Crippen molar-refractivity contribution < 1.29 is 28.2 Å². The predicted molar refractivity (Wildman–Crippen MR) is 82.8 cm³/mol. The molecule has 8 heteroatoms. The minimum Gasteiger partial charge on any atom is -0.507 e. The lowest BCUT2D eigenvalue weighted by Gasteiger charge is -2.13. The summed E-state index contributed by atoms with van der Waals surface area (Å²) in [5.74, 6) is -1.50. The first-order valence-electron chi connectivity index (χ1n) is 7.45. The summed E-state index contributed by atoms with van der Waals surface area (Å²) < 4.78 is 38.9. The Morgan fingerprint density at radius 1 is 1.12 bits per heavy atom. The molecule has 0 saturated heterocycles. The van der Waals surface area contributed by atoms with Gasteiger partial charge in [-0.1, -0.05) is 0 Å². The molecule has 0 unspecified atom stereocenters. The largest absolute Gasteiger partial charge is 0.507 e. The summed E-state index contributed by atoms with van der Waals surface area (Å²) in [5, 5.41) is 19.1. The Hall–Kier alpha value is -2.90. The van der Waals surface area contributed by atoms with Gasteiger partial charge in [-0.15, -0.1) is 0 Å². The first-order valence-corrected chi connectivity index (χ1v) is 7.45. The van der Waals surface area contributed by atoms with Crippen molar-refractivity contribution in [2.75, 3.05) is 0 Å².